The Morgan fingerprint density at radius 1 is 1.27 bits per heavy atom. The van der Waals surface area contributed by atoms with Crippen molar-refractivity contribution in [2.75, 3.05) is 6.61 Å². The number of nitrogens with zero attached hydrogens (tertiary/aromatic N) is 2. The van der Waals surface area contributed by atoms with Crippen LogP contribution in [0.1, 0.15) is 18.9 Å². The molecule has 0 unspecified atom stereocenters. The van der Waals surface area contributed by atoms with Gasteiger partial charge in [0.25, 0.3) is 10.0 Å². The maximum Gasteiger partial charge on any atom is 0.311 e. The zero-order valence-corrected chi connectivity index (χ0v) is 15.3. The van der Waals surface area contributed by atoms with Crippen molar-refractivity contribution in [3.63, 3.8) is 0 Å². The van der Waals surface area contributed by atoms with Crippen LogP contribution in [0.15, 0.2) is 52.5 Å². The normalized spacial score (nSPS) is 11.5. The SMILES string of the molecule is CCCOc1ccc(/C=N/NS(=O)(=O)c2ccc(Cl)cc2)cc1[N+](=O)[O-]. The lowest BCUT2D eigenvalue weighted by Crippen LogP contribution is -2.18. The molecule has 0 atom stereocenters. The largest absolute Gasteiger partial charge is 0.487 e. The summed E-state index contributed by atoms with van der Waals surface area (Å²) in [4.78, 5) is 12.6. The van der Waals surface area contributed by atoms with E-state index in [0.717, 1.165) is 0 Å². The Hall–Kier alpha value is -2.65. The minimum absolute atomic E-state index is 0.00616. The molecule has 2 aromatic rings. The first-order valence-corrected chi connectivity index (χ1v) is 9.41. The van der Waals surface area contributed by atoms with E-state index in [1.807, 2.05) is 11.8 Å². The average molecular weight is 398 g/mol. The molecule has 0 heterocycles. The fourth-order valence-electron chi connectivity index (χ4n) is 1.93. The summed E-state index contributed by atoms with van der Waals surface area (Å²) in [5, 5.41) is 15.2. The van der Waals surface area contributed by atoms with Crippen molar-refractivity contribution in [2.45, 2.75) is 18.2 Å². The summed E-state index contributed by atoms with van der Waals surface area (Å²) < 4.78 is 29.5. The van der Waals surface area contributed by atoms with E-state index in [1.165, 1.54) is 48.7 Å². The number of hydrogen-bond acceptors (Lipinski definition) is 6. The summed E-state index contributed by atoms with van der Waals surface area (Å²) in [6.07, 6.45) is 1.89. The summed E-state index contributed by atoms with van der Waals surface area (Å²) >= 11 is 5.72. The number of hydrogen-bond donors (Lipinski definition) is 1. The van der Waals surface area contributed by atoms with Crippen LogP contribution in [0.2, 0.25) is 5.02 Å². The predicted molar refractivity (Wildman–Crippen MR) is 98.2 cm³/mol. The van der Waals surface area contributed by atoms with Crippen LogP contribution in [0.4, 0.5) is 5.69 Å². The molecule has 0 aromatic heterocycles. The second-order valence-corrected chi connectivity index (χ2v) is 7.24. The number of sulfonamides is 1. The van der Waals surface area contributed by atoms with Gasteiger partial charge in [-0.3, -0.25) is 10.1 Å². The van der Waals surface area contributed by atoms with Crippen LogP contribution < -0.4 is 9.57 Å². The van der Waals surface area contributed by atoms with Gasteiger partial charge in [-0.05, 0) is 42.8 Å². The molecule has 0 amide bonds. The topological polar surface area (TPSA) is 111 Å². The maximum absolute atomic E-state index is 12.1. The average Bonchev–Trinajstić information content (AvgIpc) is 2.60. The van der Waals surface area contributed by atoms with Crippen molar-refractivity contribution in [3.8, 4) is 5.75 Å². The molecule has 0 aliphatic carbocycles. The molecule has 0 radical (unpaired) electrons. The van der Waals surface area contributed by atoms with Crippen molar-refractivity contribution >= 4 is 33.5 Å². The molecule has 0 aliphatic heterocycles. The van der Waals surface area contributed by atoms with E-state index in [1.54, 1.807) is 0 Å². The van der Waals surface area contributed by atoms with E-state index in [9.17, 15) is 18.5 Å². The fraction of sp³-hybridized carbons (Fsp3) is 0.188. The molecule has 0 saturated carbocycles. The lowest BCUT2D eigenvalue weighted by molar-refractivity contribution is -0.385. The molecule has 10 heteroatoms. The number of benzene rings is 2. The number of rotatable bonds is 8. The highest BCUT2D eigenvalue weighted by Crippen LogP contribution is 2.27. The number of nitro groups is 1. The number of nitro benzene ring substituents is 1. The highest BCUT2D eigenvalue weighted by atomic mass is 35.5. The Labute approximate surface area is 155 Å². The summed E-state index contributed by atoms with van der Waals surface area (Å²) in [7, 11) is -3.86. The van der Waals surface area contributed by atoms with E-state index in [2.05, 4.69) is 5.10 Å². The molecule has 2 rings (SSSR count). The van der Waals surface area contributed by atoms with E-state index < -0.39 is 14.9 Å². The lowest BCUT2D eigenvalue weighted by atomic mass is 10.2. The molecule has 0 spiro atoms. The third-order valence-electron chi connectivity index (χ3n) is 3.15. The number of nitrogens with one attached hydrogen (secondary N) is 1. The molecule has 0 saturated heterocycles. The Kier molecular flexibility index (Phi) is 6.53. The Bertz CT molecular complexity index is 914. The van der Waals surface area contributed by atoms with Crippen LogP contribution >= 0.6 is 11.6 Å². The van der Waals surface area contributed by atoms with E-state index >= 15 is 0 Å². The molecule has 8 nitrogen and oxygen atoms in total. The Balaban J connectivity index is 2.15. The molecule has 0 aliphatic rings. The molecule has 1 N–H and O–H groups in total. The third kappa shape index (κ3) is 5.17. The van der Waals surface area contributed by atoms with Crippen LogP contribution in [0.5, 0.6) is 5.75 Å². The quantitative estimate of drug-likeness (QED) is 0.417. The molecule has 2 aromatic carbocycles. The first-order valence-electron chi connectivity index (χ1n) is 7.55. The molecule has 0 fully saturated rings. The van der Waals surface area contributed by atoms with E-state index in [-0.39, 0.29) is 16.3 Å². The van der Waals surface area contributed by atoms with Crippen LogP contribution in [0.3, 0.4) is 0 Å². The standard InChI is InChI=1S/C16H16ClN3O5S/c1-2-9-25-16-8-3-12(10-15(16)20(21)22)11-18-19-26(23,24)14-6-4-13(17)5-7-14/h3-8,10-11,19H,2,9H2,1H3/b18-11+. The molecule has 138 valence electrons. The van der Waals surface area contributed by atoms with Crippen molar-refractivity contribution in [2.24, 2.45) is 5.10 Å². The highest BCUT2D eigenvalue weighted by molar-refractivity contribution is 7.89. The predicted octanol–water partition coefficient (Wildman–Crippen LogP) is 3.35. The third-order valence-corrected chi connectivity index (χ3v) is 4.64. The number of halogens is 1. The number of ether oxygens (including phenoxy) is 1. The van der Waals surface area contributed by atoms with Crippen LogP contribution in [0.25, 0.3) is 0 Å². The van der Waals surface area contributed by atoms with Crippen molar-refractivity contribution < 1.29 is 18.1 Å². The van der Waals surface area contributed by atoms with Crippen LogP contribution in [-0.4, -0.2) is 26.2 Å². The summed E-state index contributed by atoms with van der Waals surface area (Å²) in [5.41, 5.74) is 0.127. The van der Waals surface area contributed by atoms with Gasteiger partial charge in [-0.15, -0.1) is 0 Å². The van der Waals surface area contributed by atoms with Gasteiger partial charge in [0.15, 0.2) is 5.75 Å². The smallest absolute Gasteiger partial charge is 0.311 e. The zero-order valence-electron chi connectivity index (χ0n) is 13.8. The zero-order chi connectivity index (χ0) is 19.2. The van der Waals surface area contributed by atoms with Gasteiger partial charge >= 0.3 is 5.69 Å². The van der Waals surface area contributed by atoms with E-state index in [0.29, 0.717) is 23.6 Å². The molecule has 0 bridgehead atoms. The Morgan fingerprint density at radius 3 is 2.58 bits per heavy atom. The van der Waals surface area contributed by atoms with Crippen molar-refractivity contribution in [3.05, 3.63) is 63.2 Å². The second-order valence-electron chi connectivity index (χ2n) is 5.14. The molecular formula is C16H16ClN3O5S. The van der Waals surface area contributed by atoms with Crippen LogP contribution in [-0.2, 0) is 10.0 Å². The van der Waals surface area contributed by atoms with Crippen molar-refractivity contribution in [1.82, 2.24) is 4.83 Å². The minimum atomic E-state index is -3.86. The van der Waals surface area contributed by atoms with Gasteiger partial charge < -0.3 is 4.74 Å². The van der Waals surface area contributed by atoms with Gasteiger partial charge in [0.05, 0.1) is 22.6 Å². The summed E-state index contributed by atoms with van der Waals surface area (Å²) in [6, 6.07) is 9.80. The maximum atomic E-state index is 12.1. The van der Waals surface area contributed by atoms with Gasteiger partial charge in [0.1, 0.15) is 0 Å². The summed E-state index contributed by atoms with van der Waals surface area (Å²) in [6.45, 7) is 2.24. The monoisotopic (exact) mass is 397 g/mol. The van der Waals surface area contributed by atoms with Gasteiger partial charge in [-0.2, -0.15) is 13.5 Å². The Morgan fingerprint density at radius 2 is 1.96 bits per heavy atom. The van der Waals surface area contributed by atoms with Crippen LogP contribution in [0, 0.1) is 10.1 Å². The van der Waals surface area contributed by atoms with Crippen molar-refractivity contribution in [1.29, 1.82) is 0 Å². The van der Waals surface area contributed by atoms with Gasteiger partial charge in [-0.1, -0.05) is 18.5 Å². The molecular weight excluding hydrogens is 382 g/mol. The number of hydrazone groups is 1. The molecule has 26 heavy (non-hydrogen) atoms. The second kappa shape index (κ2) is 8.63. The van der Waals surface area contributed by atoms with E-state index in [4.69, 9.17) is 16.3 Å². The lowest BCUT2D eigenvalue weighted by Gasteiger charge is -2.06. The van der Waals surface area contributed by atoms with Gasteiger partial charge in [0, 0.05) is 16.7 Å². The van der Waals surface area contributed by atoms with Gasteiger partial charge in [0.2, 0.25) is 0 Å². The first-order chi connectivity index (χ1) is 12.3. The highest BCUT2D eigenvalue weighted by Gasteiger charge is 2.16. The first kappa shape index (κ1) is 19.7. The summed E-state index contributed by atoms with van der Waals surface area (Å²) in [5.74, 6) is 0.149. The minimum Gasteiger partial charge on any atom is -0.487 e. The fourth-order valence-corrected chi connectivity index (χ4v) is 2.85. The van der Waals surface area contributed by atoms with Gasteiger partial charge in [-0.25, -0.2) is 4.83 Å².